The highest BCUT2D eigenvalue weighted by atomic mass is 32.2. The minimum atomic E-state index is -3.24. The average molecular weight is 311 g/mol. The lowest BCUT2D eigenvalue weighted by atomic mass is 9.80. The van der Waals surface area contributed by atoms with Crippen LogP contribution in [0.5, 0.6) is 0 Å². The van der Waals surface area contributed by atoms with Crippen molar-refractivity contribution >= 4 is 10.0 Å². The van der Waals surface area contributed by atoms with Gasteiger partial charge in [-0.1, -0.05) is 43.2 Å². The SMILES string of the molecule is O=S(=O)(CCc1ccccc1)NCC1CCCCC1CO. The van der Waals surface area contributed by atoms with Crippen LogP contribution in [0.1, 0.15) is 31.2 Å². The van der Waals surface area contributed by atoms with E-state index in [1.165, 1.54) is 0 Å². The first-order chi connectivity index (χ1) is 10.1. The van der Waals surface area contributed by atoms with E-state index < -0.39 is 10.0 Å². The smallest absolute Gasteiger partial charge is 0.211 e. The zero-order chi connectivity index (χ0) is 15.1. The standard InChI is InChI=1S/C16H25NO3S/c18-13-16-9-5-4-8-15(16)12-17-21(19,20)11-10-14-6-2-1-3-7-14/h1-3,6-7,15-18H,4-5,8-13H2. The number of nitrogens with one attached hydrogen (secondary N) is 1. The van der Waals surface area contributed by atoms with Crippen molar-refractivity contribution in [3.63, 3.8) is 0 Å². The van der Waals surface area contributed by atoms with Gasteiger partial charge in [-0.25, -0.2) is 13.1 Å². The molecule has 0 aromatic heterocycles. The maximum absolute atomic E-state index is 12.1. The predicted molar refractivity (Wildman–Crippen MR) is 84.5 cm³/mol. The van der Waals surface area contributed by atoms with Crippen molar-refractivity contribution in [3.05, 3.63) is 35.9 Å². The Morgan fingerprint density at radius 3 is 2.43 bits per heavy atom. The third kappa shape index (κ3) is 5.41. The van der Waals surface area contributed by atoms with Crippen LogP contribution in [0.15, 0.2) is 30.3 Å². The largest absolute Gasteiger partial charge is 0.396 e. The Hall–Kier alpha value is -0.910. The van der Waals surface area contributed by atoms with Gasteiger partial charge >= 0.3 is 0 Å². The number of benzene rings is 1. The molecule has 118 valence electrons. The summed E-state index contributed by atoms with van der Waals surface area (Å²) in [6.07, 6.45) is 4.82. The van der Waals surface area contributed by atoms with Crippen molar-refractivity contribution in [3.8, 4) is 0 Å². The van der Waals surface area contributed by atoms with Gasteiger partial charge in [0.1, 0.15) is 0 Å². The van der Waals surface area contributed by atoms with Crippen LogP contribution in [0.3, 0.4) is 0 Å². The lowest BCUT2D eigenvalue weighted by molar-refractivity contribution is 0.136. The Labute approximate surface area is 127 Å². The maximum Gasteiger partial charge on any atom is 0.211 e. The lowest BCUT2D eigenvalue weighted by Gasteiger charge is -2.30. The quantitative estimate of drug-likeness (QED) is 0.809. The van der Waals surface area contributed by atoms with Gasteiger partial charge in [0.15, 0.2) is 0 Å². The fourth-order valence-corrected chi connectivity index (χ4v) is 4.11. The van der Waals surface area contributed by atoms with E-state index in [1.54, 1.807) is 0 Å². The van der Waals surface area contributed by atoms with E-state index in [9.17, 15) is 13.5 Å². The highest BCUT2D eigenvalue weighted by molar-refractivity contribution is 7.89. The third-order valence-electron chi connectivity index (χ3n) is 4.37. The van der Waals surface area contributed by atoms with Crippen LogP contribution < -0.4 is 4.72 Å². The molecule has 0 heterocycles. The summed E-state index contributed by atoms with van der Waals surface area (Å²) in [5.74, 6) is 0.638. The van der Waals surface area contributed by atoms with Gasteiger partial charge in [-0.05, 0) is 36.7 Å². The zero-order valence-corrected chi connectivity index (χ0v) is 13.2. The van der Waals surface area contributed by atoms with E-state index in [2.05, 4.69) is 4.72 Å². The van der Waals surface area contributed by atoms with Crippen molar-refractivity contribution in [2.24, 2.45) is 11.8 Å². The van der Waals surface area contributed by atoms with Gasteiger partial charge in [-0.2, -0.15) is 0 Å². The molecule has 4 nitrogen and oxygen atoms in total. The number of sulfonamides is 1. The Bertz CT molecular complexity index is 516. The number of aryl methyl sites for hydroxylation is 1. The van der Waals surface area contributed by atoms with Gasteiger partial charge < -0.3 is 5.11 Å². The molecule has 0 saturated heterocycles. The van der Waals surface area contributed by atoms with Gasteiger partial charge in [0.05, 0.1) is 5.75 Å². The highest BCUT2D eigenvalue weighted by Gasteiger charge is 2.25. The molecule has 21 heavy (non-hydrogen) atoms. The molecule has 2 atom stereocenters. The fraction of sp³-hybridized carbons (Fsp3) is 0.625. The Morgan fingerprint density at radius 1 is 1.10 bits per heavy atom. The summed E-state index contributed by atoms with van der Waals surface area (Å²) in [6, 6.07) is 9.65. The van der Waals surface area contributed by atoms with Crippen LogP contribution >= 0.6 is 0 Å². The molecule has 2 rings (SSSR count). The van der Waals surface area contributed by atoms with Gasteiger partial charge in [0.25, 0.3) is 0 Å². The second-order valence-electron chi connectivity index (χ2n) is 5.89. The van der Waals surface area contributed by atoms with E-state index in [0.717, 1.165) is 31.2 Å². The van der Waals surface area contributed by atoms with Crippen molar-refractivity contribution in [1.29, 1.82) is 0 Å². The molecule has 1 fully saturated rings. The Balaban J connectivity index is 1.80. The number of aliphatic hydroxyl groups is 1. The molecule has 1 aliphatic carbocycles. The van der Waals surface area contributed by atoms with Crippen LogP contribution in [0.2, 0.25) is 0 Å². The second kappa shape index (κ2) is 7.92. The van der Waals surface area contributed by atoms with Crippen molar-refractivity contribution in [2.75, 3.05) is 18.9 Å². The monoisotopic (exact) mass is 311 g/mol. The molecule has 2 unspecified atom stereocenters. The first-order valence-corrected chi connectivity index (χ1v) is 9.38. The van der Waals surface area contributed by atoms with Crippen LogP contribution in [0.4, 0.5) is 0 Å². The van der Waals surface area contributed by atoms with Crippen molar-refractivity contribution in [1.82, 2.24) is 4.72 Å². The third-order valence-corrected chi connectivity index (χ3v) is 5.72. The lowest BCUT2D eigenvalue weighted by Crippen LogP contribution is -2.36. The molecule has 1 aromatic rings. The Kier molecular flexibility index (Phi) is 6.21. The number of hydrogen-bond donors (Lipinski definition) is 2. The van der Waals surface area contributed by atoms with Crippen molar-refractivity contribution in [2.45, 2.75) is 32.1 Å². The molecule has 2 N–H and O–H groups in total. The zero-order valence-electron chi connectivity index (χ0n) is 12.4. The van der Waals surface area contributed by atoms with E-state index >= 15 is 0 Å². The summed E-state index contributed by atoms with van der Waals surface area (Å²) in [4.78, 5) is 0. The van der Waals surface area contributed by atoms with Gasteiger partial charge in [-0.15, -0.1) is 0 Å². The van der Waals surface area contributed by atoms with E-state index in [0.29, 0.717) is 13.0 Å². The van der Waals surface area contributed by atoms with Crippen LogP contribution in [0, 0.1) is 11.8 Å². The molecule has 0 spiro atoms. The van der Waals surface area contributed by atoms with Crippen LogP contribution in [-0.2, 0) is 16.4 Å². The Morgan fingerprint density at radius 2 is 1.76 bits per heavy atom. The molecule has 1 saturated carbocycles. The van der Waals surface area contributed by atoms with Crippen molar-refractivity contribution < 1.29 is 13.5 Å². The normalized spacial score (nSPS) is 23.1. The first kappa shape index (κ1) is 16.5. The summed E-state index contributed by atoms with van der Waals surface area (Å²) in [5, 5.41) is 9.37. The summed E-state index contributed by atoms with van der Waals surface area (Å²) >= 11 is 0. The average Bonchev–Trinajstić information content (AvgIpc) is 2.52. The number of hydrogen-bond acceptors (Lipinski definition) is 3. The second-order valence-corrected chi connectivity index (χ2v) is 7.82. The summed E-state index contributed by atoms with van der Waals surface area (Å²) in [7, 11) is -3.24. The molecule has 0 aliphatic heterocycles. The fourth-order valence-electron chi connectivity index (χ4n) is 3.00. The van der Waals surface area contributed by atoms with E-state index in [4.69, 9.17) is 0 Å². The molecule has 0 amide bonds. The molecular formula is C16H25NO3S. The number of aliphatic hydroxyl groups excluding tert-OH is 1. The van der Waals surface area contributed by atoms with E-state index in [1.807, 2.05) is 30.3 Å². The summed E-state index contributed by atoms with van der Waals surface area (Å²) in [6.45, 7) is 0.624. The van der Waals surface area contributed by atoms with Gasteiger partial charge in [0.2, 0.25) is 10.0 Å². The topological polar surface area (TPSA) is 66.4 Å². The first-order valence-electron chi connectivity index (χ1n) is 7.73. The molecular weight excluding hydrogens is 286 g/mol. The van der Waals surface area contributed by atoms with Crippen LogP contribution in [-0.4, -0.2) is 32.4 Å². The predicted octanol–water partition coefficient (Wildman–Crippen LogP) is 1.95. The summed E-state index contributed by atoms with van der Waals surface area (Å²) in [5.41, 5.74) is 1.04. The molecule has 0 radical (unpaired) electrons. The highest BCUT2D eigenvalue weighted by Crippen LogP contribution is 2.29. The summed E-state index contributed by atoms with van der Waals surface area (Å²) < 4.78 is 26.9. The molecule has 1 aliphatic rings. The van der Waals surface area contributed by atoms with Gasteiger partial charge in [0, 0.05) is 13.2 Å². The molecule has 1 aromatic carbocycles. The number of rotatable bonds is 7. The molecule has 0 bridgehead atoms. The maximum atomic E-state index is 12.1. The van der Waals surface area contributed by atoms with E-state index in [-0.39, 0.29) is 24.2 Å². The molecule has 5 heteroatoms. The minimum absolute atomic E-state index is 0.119. The van der Waals surface area contributed by atoms with Gasteiger partial charge in [-0.3, -0.25) is 0 Å². The van der Waals surface area contributed by atoms with Crippen LogP contribution in [0.25, 0.3) is 0 Å². The minimum Gasteiger partial charge on any atom is -0.396 e.